The SMILES string of the molecule is CCCCOC(=O)OCCCc1ccccc1. The molecule has 0 unspecified atom stereocenters. The van der Waals surface area contributed by atoms with E-state index < -0.39 is 6.16 Å². The van der Waals surface area contributed by atoms with Crippen molar-refractivity contribution < 1.29 is 14.3 Å². The number of ether oxygens (including phenoxy) is 2. The van der Waals surface area contributed by atoms with E-state index in [1.54, 1.807) is 0 Å². The van der Waals surface area contributed by atoms with Crippen LogP contribution in [0, 0.1) is 0 Å². The Kier molecular flexibility index (Phi) is 6.87. The molecule has 0 aliphatic heterocycles. The number of aryl methyl sites for hydroxylation is 1. The average molecular weight is 236 g/mol. The number of carbonyl (C=O) groups excluding carboxylic acids is 1. The minimum atomic E-state index is -0.550. The zero-order chi connectivity index (χ0) is 12.3. The van der Waals surface area contributed by atoms with E-state index in [9.17, 15) is 4.79 Å². The molecule has 1 aromatic carbocycles. The summed E-state index contributed by atoms with van der Waals surface area (Å²) in [6, 6.07) is 10.1. The van der Waals surface area contributed by atoms with E-state index in [2.05, 4.69) is 19.1 Å². The molecule has 0 bridgehead atoms. The summed E-state index contributed by atoms with van der Waals surface area (Å²) in [4.78, 5) is 11.1. The van der Waals surface area contributed by atoms with Gasteiger partial charge in [-0.15, -0.1) is 0 Å². The monoisotopic (exact) mass is 236 g/mol. The molecular formula is C14H20O3. The Hall–Kier alpha value is -1.51. The van der Waals surface area contributed by atoms with Crippen LogP contribution in [0.2, 0.25) is 0 Å². The van der Waals surface area contributed by atoms with Crippen LogP contribution in [0.25, 0.3) is 0 Å². The summed E-state index contributed by atoms with van der Waals surface area (Å²) < 4.78 is 9.82. The van der Waals surface area contributed by atoms with Crippen LogP contribution in [0.5, 0.6) is 0 Å². The van der Waals surface area contributed by atoms with Crippen LogP contribution in [0.15, 0.2) is 30.3 Å². The lowest BCUT2D eigenvalue weighted by atomic mass is 10.1. The molecular weight excluding hydrogens is 216 g/mol. The lowest BCUT2D eigenvalue weighted by molar-refractivity contribution is 0.0537. The predicted octanol–water partition coefficient (Wildman–Crippen LogP) is 3.57. The zero-order valence-electron chi connectivity index (χ0n) is 10.4. The minimum absolute atomic E-state index is 0.417. The smallest absolute Gasteiger partial charge is 0.434 e. The van der Waals surface area contributed by atoms with Gasteiger partial charge in [0.05, 0.1) is 13.2 Å². The average Bonchev–Trinajstić information content (AvgIpc) is 2.36. The first-order valence-electron chi connectivity index (χ1n) is 6.16. The summed E-state index contributed by atoms with van der Waals surface area (Å²) >= 11 is 0. The van der Waals surface area contributed by atoms with E-state index in [0.29, 0.717) is 13.2 Å². The molecule has 0 amide bonds. The van der Waals surface area contributed by atoms with Crippen LogP contribution >= 0.6 is 0 Å². The van der Waals surface area contributed by atoms with Crippen LogP contribution in [0.4, 0.5) is 4.79 Å². The van der Waals surface area contributed by atoms with Crippen LogP contribution in [-0.4, -0.2) is 19.4 Å². The first-order valence-corrected chi connectivity index (χ1v) is 6.16. The van der Waals surface area contributed by atoms with Crippen molar-refractivity contribution in [2.24, 2.45) is 0 Å². The van der Waals surface area contributed by atoms with Crippen molar-refractivity contribution in [1.29, 1.82) is 0 Å². The van der Waals surface area contributed by atoms with E-state index in [0.717, 1.165) is 25.7 Å². The second-order valence-corrected chi connectivity index (χ2v) is 3.89. The van der Waals surface area contributed by atoms with Gasteiger partial charge in [-0.25, -0.2) is 4.79 Å². The van der Waals surface area contributed by atoms with E-state index in [1.165, 1.54) is 5.56 Å². The van der Waals surface area contributed by atoms with E-state index in [4.69, 9.17) is 9.47 Å². The van der Waals surface area contributed by atoms with Crippen molar-refractivity contribution in [3.05, 3.63) is 35.9 Å². The molecule has 0 spiro atoms. The summed E-state index contributed by atoms with van der Waals surface area (Å²) in [5, 5.41) is 0. The fourth-order valence-electron chi connectivity index (χ4n) is 1.42. The predicted molar refractivity (Wildman–Crippen MR) is 67.0 cm³/mol. The van der Waals surface area contributed by atoms with Gasteiger partial charge in [-0.3, -0.25) is 0 Å². The summed E-state index contributed by atoms with van der Waals surface area (Å²) in [5.74, 6) is 0. The molecule has 0 aliphatic carbocycles. The fourth-order valence-corrected chi connectivity index (χ4v) is 1.42. The number of hydrogen-bond acceptors (Lipinski definition) is 3. The minimum Gasteiger partial charge on any atom is -0.434 e. The molecule has 0 fully saturated rings. The zero-order valence-corrected chi connectivity index (χ0v) is 10.4. The number of hydrogen-bond donors (Lipinski definition) is 0. The molecule has 1 aromatic rings. The number of rotatable bonds is 7. The van der Waals surface area contributed by atoms with Crippen molar-refractivity contribution >= 4 is 6.16 Å². The molecule has 17 heavy (non-hydrogen) atoms. The molecule has 0 N–H and O–H groups in total. The lowest BCUT2D eigenvalue weighted by Gasteiger charge is -2.05. The van der Waals surface area contributed by atoms with Gasteiger partial charge in [0.1, 0.15) is 0 Å². The third-order valence-electron chi connectivity index (χ3n) is 2.39. The third-order valence-corrected chi connectivity index (χ3v) is 2.39. The standard InChI is InChI=1S/C14H20O3/c1-2-3-11-16-14(15)17-12-7-10-13-8-5-4-6-9-13/h4-6,8-9H,2-3,7,10-12H2,1H3. The number of carbonyl (C=O) groups is 1. The maximum atomic E-state index is 11.1. The highest BCUT2D eigenvalue weighted by atomic mass is 16.7. The van der Waals surface area contributed by atoms with E-state index in [1.807, 2.05) is 18.2 Å². The highest BCUT2D eigenvalue weighted by molar-refractivity contribution is 5.59. The first-order chi connectivity index (χ1) is 8.33. The second-order valence-electron chi connectivity index (χ2n) is 3.89. The van der Waals surface area contributed by atoms with Gasteiger partial charge in [-0.05, 0) is 24.8 Å². The number of benzene rings is 1. The summed E-state index contributed by atoms with van der Waals surface area (Å²) in [6.07, 6.45) is 3.10. The Morgan fingerprint density at radius 1 is 1.06 bits per heavy atom. The van der Waals surface area contributed by atoms with Gasteiger partial charge >= 0.3 is 6.16 Å². The van der Waals surface area contributed by atoms with Gasteiger partial charge in [0.15, 0.2) is 0 Å². The van der Waals surface area contributed by atoms with Gasteiger partial charge in [0, 0.05) is 0 Å². The van der Waals surface area contributed by atoms with Crippen LogP contribution in [-0.2, 0) is 15.9 Å². The summed E-state index contributed by atoms with van der Waals surface area (Å²) in [5.41, 5.74) is 1.26. The van der Waals surface area contributed by atoms with Crippen molar-refractivity contribution in [3.8, 4) is 0 Å². The topological polar surface area (TPSA) is 35.5 Å². The second kappa shape index (κ2) is 8.62. The largest absolute Gasteiger partial charge is 0.508 e. The van der Waals surface area contributed by atoms with Gasteiger partial charge in [0.2, 0.25) is 0 Å². The Labute approximate surface area is 103 Å². The van der Waals surface area contributed by atoms with Crippen molar-refractivity contribution in [3.63, 3.8) is 0 Å². The summed E-state index contributed by atoms with van der Waals surface area (Å²) in [7, 11) is 0. The van der Waals surface area contributed by atoms with Crippen molar-refractivity contribution in [1.82, 2.24) is 0 Å². The Morgan fingerprint density at radius 2 is 1.71 bits per heavy atom. The molecule has 0 atom stereocenters. The van der Waals surface area contributed by atoms with Crippen LogP contribution < -0.4 is 0 Å². The Morgan fingerprint density at radius 3 is 2.35 bits per heavy atom. The molecule has 0 heterocycles. The highest BCUT2D eigenvalue weighted by Crippen LogP contribution is 2.02. The summed E-state index contributed by atoms with van der Waals surface area (Å²) in [6.45, 7) is 2.92. The quantitative estimate of drug-likeness (QED) is 0.536. The maximum absolute atomic E-state index is 11.1. The lowest BCUT2D eigenvalue weighted by Crippen LogP contribution is -2.09. The van der Waals surface area contributed by atoms with E-state index in [-0.39, 0.29) is 0 Å². The number of unbranched alkanes of at least 4 members (excludes halogenated alkanes) is 1. The third kappa shape index (κ3) is 6.61. The van der Waals surface area contributed by atoms with Crippen molar-refractivity contribution in [2.75, 3.05) is 13.2 Å². The molecule has 0 saturated heterocycles. The van der Waals surface area contributed by atoms with Gasteiger partial charge in [-0.2, -0.15) is 0 Å². The molecule has 3 nitrogen and oxygen atoms in total. The maximum Gasteiger partial charge on any atom is 0.508 e. The Bertz CT molecular complexity index is 309. The molecule has 0 radical (unpaired) electrons. The van der Waals surface area contributed by atoms with Gasteiger partial charge in [-0.1, -0.05) is 43.7 Å². The molecule has 1 rings (SSSR count). The normalized spacial score (nSPS) is 9.94. The molecule has 3 heteroatoms. The van der Waals surface area contributed by atoms with Crippen molar-refractivity contribution in [2.45, 2.75) is 32.6 Å². The molecule has 0 saturated carbocycles. The van der Waals surface area contributed by atoms with Gasteiger partial charge in [0.25, 0.3) is 0 Å². The fraction of sp³-hybridized carbons (Fsp3) is 0.500. The molecule has 0 aromatic heterocycles. The molecule has 94 valence electrons. The van der Waals surface area contributed by atoms with Gasteiger partial charge < -0.3 is 9.47 Å². The van der Waals surface area contributed by atoms with E-state index >= 15 is 0 Å². The highest BCUT2D eigenvalue weighted by Gasteiger charge is 2.02. The van der Waals surface area contributed by atoms with Crippen LogP contribution in [0.3, 0.4) is 0 Å². The Balaban J connectivity index is 2.02. The molecule has 0 aliphatic rings. The first kappa shape index (κ1) is 13.6. The van der Waals surface area contributed by atoms with Crippen LogP contribution in [0.1, 0.15) is 31.7 Å².